The highest BCUT2D eigenvalue weighted by Gasteiger charge is 2.19. The maximum Gasteiger partial charge on any atom is 0.0368 e. The summed E-state index contributed by atoms with van der Waals surface area (Å²) in [6, 6.07) is 9.92. The van der Waals surface area contributed by atoms with Gasteiger partial charge in [0.25, 0.3) is 0 Å². The molecule has 0 aliphatic carbocycles. The molecule has 0 radical (unpaired) electrons. The standard InChI is InChI=1S/C19H32N2/c1-5-17-9-7-6-8-14-21(17)18-12-10-16(11-13-18)15-20-19(2,3)4/h10-13,17,20H,5-9,14-15H2,1-4H3. The van der Waals surface area contributed by atoms with Crippen molar-refractivity contribution in [1.29, 1.82) is 0 Å². The van der Waals surface area contributed by atoms with Gasteiger partial charge in [0.15, 0.2) is 0 Å². The zero-order chi connectivity index (χ0) is 15.3. The van der Waals surface area contributed by atoms with Crippen molar-refractivity contribution in [3.8, 4) is 0 Å². The number of nitrogens with zero attached hydrogens (tertiary/aromatic N) is 1. The monoisotopic (exact) mass is 288 g/mol. The molecule has 1 aliphatic rings. The molecule has 1 unspecified atom stereocenters. The van der Waals surface area contributed by atoms with E-state index in [2.05, 4.69) is 62.2 Å². The zero-order valence-electron chi connectivity index (χ0n) is 14.3. The molecule has 0 bridgehead atoms. The van der Waals surface area contributed by atoms with Gasteiger partial charge in [-0.15, -0.1) is 0 Å². The van der Waals surface area contributed by atoms with E-state index in [9.17, 15) is 0 Å². The highest BCUT2D eigenvalue weighted by atomic mass is 15.2. The fraction of sp³-hybridized carbons (Fsp3) is 0.684. The van der Waals surface area contributed by atoms with Gasteiger partial charge in [0.2, 0.25) is 0 Å². The minimum Gasteiger partial charge on any atom is -0.369 e. The molecule has 118 valence electrons. The molecule has 1 heterocycles. The maximum absolute atomic E-state index is 3.55. The molecule has 2 rings (SSSR count). The summed E-state index contributed by atoms with van der Waals surface area (Å²) in [5.41, 5.74) is 2.95. The van der Waals surface area contributed by atoms with Crippen LogP contribution in [0.2, 0.25) is 0 Å². The van der Waals surface area contributed by atoms with E-state index in [0.29, 0.717) is 0 Å². The number of anilines is 1. The number of hydrogen-bond acceptors (Lipinski definition) is 2. The van der Waals surface area contributed by atoms with Crippen molar-refractivity contribution < 1.29 is 0 Å². The van der Waals surface area contributed by atoms with Gasteiger partial charge in [0, 0.05) is 30.4 Å². The van der Waals surface area contributed by atoms with E-state index in [-0.39, 0.29) is 5.54 Å². The Morgan fingerprint density at radius 3 is 2.43 bits per heavy atom. The molecule has 1 aromatic rings. The average Bonchev–Trinajstić information content (AvgIpc) is 2.70. The molecule has 0 amide bonds. The topological polar surface area (TPSA) is 15.3 Å². The lowest BCUT2D eigenvalue weighted by atomic mass is 10.1. The van der Waals surface area contributed by atoms with Gasteiger partial charge in [0.1, 0.15) is 0 Å². The summed E-state index contributed by atoms with van der Waals surface area (Å²) in [5, 5.41) is 3.55. The van der Waals surface area contributed by atoms with Crippen molar-refractivity contribution >= 4 is 5.69 Å². The molecule has 21 heavy (non-hydrogen) atoms. The molecular formula is C19H32N2. The average molecular weight is 288 g/mol. The van der Waals surface area contributed by atoms with E-state index in [1.165, 1.54) is 49.9 Å². The first-order valence-electron chi connectivity index (χ1n) is 8.60. The third-order valence-electron chi connectivity index (χ3n) is 4.44. The van der Waals surface area contributed by atoms with Crippen LogP contribution in [0, 0.1) is 0 Å². The van der Waals surface area contributed by atoms with Gasteiger partial charge in [-0.2, -0.15) is 0 Å². The summed E-state index contributed by atoms with van der Waals surface area (Å²) in [6.45, 7) is 11.1. The van der Waals surface area contributed by atoms with Crippen molar-refractivity contribution in [2.75, 3.05) is 11.4 Å². The molecule has 1 aliphatic heterocycles. The summed E-state index contributed by atoms with van der Waals surface area (Å²) >= 11 is 0. The van der Waals surface area contributed by atoms with Crippen LogP contribution in [0.5, 0.6) is 0 Å². The molecule has 2 nitrogen and oxygen atoms in total. The number of hydrogen-bond donors (Lipinski definition) is 1. The van der Waals surface area contributed by atoms with Crippen molar-refractivity contribution in [3.63, 3.8) is 0 Å². The highest BCUT2D eigenvalue weighted by molar-refractivity contribution is 5.48. The van der Waals surface area contributed by atoms with Crippen LogP contribution in [-0.4, -0.2) is 18.1 Å². The lowest BCUT2D eigenvalue weighted by Crippen LogP contribution is -2.35. The van der Waals surface area contributed by atoms with Crippen LogP contribution in [0.3, 0.4) is 0 Å². The lowest BCUT2D eigenvalue weighted by Gasteiger charge is -2.31. The van der Waals surface area contributed by atoms with E-state index in [4.69, 9.17) is 0 Å². The van der Waals surface area contributed by atoms with E-state index < -0.39 is 0 Å². The summed E-state index contributed by atoms with van der Waals surface area (Å²) in [4.78, 5) is 2.63. The first kappa shape index (κ1) is 16.4. The normalized spacial score (nSPS) is 20.4. The van der Waals surface area contributed by atoms with Gasteiger partial charge in [-0.05, 0) is 57.7 Å². The number of rotatable bonds is 4. The van der Waals surface area contributed by atoms with Gasteiger partial charge in [-0.1, -0.05) is 31.9 Å². The molecule has 0 aromatic heterocycles. The van der Waals surface area contributed by atoms with Crippen LogP contribution in [-0.2, 0) is 6.54 Å². The molecule has 1 aromatic carbocycles. The van der Waals surface area contributed by atoms with Gasteiger partial charge < -0.3 is 10.2 Å². The molecular weight excluding hydrogens is 256 g/mol. The smallest absolute Gasteiger partial charge is 0.0368 e. The molecule has 1 N–H and O–H groups in total. The predicted molar refractivity (Wildman–Crippen MR) is 92.9 cm³/mol. The SMILES string of the molecule is CCC1CCCCCN1c1ccc(CNC(C)(C)C)cc1. The summed E-state index contributed by atoms with van der Waals surface area (Å²) < 4.78 is 0. The Hall–Kier alpha value is -1.02. The molecule has 2 heteroatoms. The Kier molecular flexibility index (Phi) is 5.69. The van der Waals surface area contributed by atoms with Crippen LogP contribution in [0.1, 0.15) is 65.4 Å². The predicted octanol–water partition coefficient (Wildman–Crippen LogP) is 4.73. The van der Waals surface area contributed by atoms with Gasteiger partial charge in [-0.25, -0.2) is 0 Å². The Morgan fingerprint density at radius 2 is 1.81 bits per heavy atom. The number of benzene rings is 1. The first-order valence-corrected chi connectivity index (χ1v) is 8.60. The number of nitrogens with one attached hydrogen (secondary N) is 1. The Balaban J connectivity index is 2.03. The van der Waals surface area contributed by atoms with E-state index >= 15 is 0 Å². The van der Waals surface area contributed by atoms with Gasteiger partial charge in [0.05, 0.1) is 0 Å². The van der Waals surface area contributed by atoms with Crippen molar-refractivity contribution in [1.82, 2.24) is 5.32 Å². The second-order valence-corrected chi connectivity index (χ2v) is 7.37. The minimum atomic E-state index is 0.177. The third kappa shape index (κ3) is 5.03. The second kappa shape index (κ2) is 7.31. The second-order valence-electron chi connectivity index (χ2n) is 7.37. The lowest BCUT2D eigenvalue weighted by molar-refractivity contribution is 0.424. The summed E-state index contributed by atoms with van der Waals surface area (Å²) in [7, 11) is 0. The quantitative estimate of drug-likeness (QED) is 0.861. The molecule has 1 fully saturated rings. The van der Waals surface area contributed by atoms with E-state index in [1.807, 2.05) is 0 Å². The van der Waals surface area contributed by atoms with E-state index in [0.717, 1.165) is 12.6 Å². The molecule has 1 saturated heterocycles. The van der Waals surface area contributed by atoms with Crippen LogP contribution in [0.15, 0.2) is 24.3 Å². The van der Waals surface area contributed by atoms with Crippen LogP contribution < -0.4 is 10.2 Å². The Bertz CT molecular complexity index is 416. The first-order chi connectivity index (χ1) is 9.99. The van der Waals surface area contributed by atoms with Crippen molar-refractivity contribution in [2.24, 2.45) is 0 Å². The highest BCUT2D eigenvalue weighted by Crippen LogP contribution is 2.26. The van der Waals surface area contributed by atoms with Gasteiger partial charge >= 0.3 is 0 Å². The van der Waals surface area contributed by atoms with Crippen molar-refractivity contribution in [3.05, 3.63) is 29.8 Å². The third-order valence-corrected chi connectivity index (χ3v) is 4.44. The van der Waals surface area contributed by atoms with E-state index in [1.54, 1.807) is 0 Å². The van der Waals surface area contributed by atoms with Crippen LogP contribution in [0.4, 0.5) is 5.69 Å². The summed E-state index contributed by atoms with van der Waals surface area (Å²) in [6.07, 6.45) is 6.73. The van der Waals surface area contributed by atoms with Crippen molar-refractivity contribution in [2.45, 2.75) is 77.9 Å². The summed E-state index contributed by atoms with van der Waals surface area (Å²) in [5.74, 6) is 0. The maximum atomic E-state index is 3.55. The minimum absolute atomic E-state index is 0.177. The molecule has 0 spiro atoms. The Labute approximate surface area is 130 Å². The fourth-order valence-corrected chi connectivity index (χ4v) is 3.11. The Morgan fingerprint density at radius 1 is 1.10 bits per heavy atom. The fourth-order valence-electron chi connectivity index (χ4n) is 3.11. The molecule has 1 atom stereocenters. The van der Waals surface area contributed by atoms with Gasteiger partial charge in [-0.3, -0.25) is 0 Å². The largest absolute Gasteiger partial charge is 0.369 e. The van der Waals surface area contributed by atoms with Crippen LogP contribution in [0.25, 0.3) is 0 Å². The molecule has 0 saturated carbocycles. The van der Waals surface area contributed by atoms with Crippen LogP contribution >= 0.6 is 0 Å². The zero-order valence-corrected chi connectivity index (χ0v) is 14.3.